The smallest absolute Gasteiger partial charge is 0.161 e. The normalized spacial score (nSPS) is 11.8. The van der Waals surface area contributed by atoms with Crippen molar-refractivity contribution in [3.8, 4) is 22.8 Å². The van der Waals surface area contributed by atoms with E-state index in [2.05, 4.69) is 20.3 Å². The number of nitrogens with zero attached hydrogens (tertiary/aromatic N) is 3. The molecule has 6 nitrogen and oxygen atoms in total. The highest BCUT2D eigenvalue weighted by Crippen LogP contribution is 2.31. The van der Waals surface area contributed by atoms with Crippen LogP contribution in [0.5, 0.6) is 11.5 Å². The van der Waals surface area contributed by atoms with Gasteiger partial charge in [-0.25, -0.2) is 4.98 Å². The molecular weight excluding hydrogens is 304 g/mol. The maximum atomic E-state index is 9.70. The number of phenols is 1. The molecule has 24 heavy (non-hydrogen) atoms. The molecule has 1 atom stereocenters. The molecule has 0 aliphatic carbocycles. The molecule has 2 N–H and O–H groups in total. The van der Waals surface area contributed by atoms with Gasteiger partial charge in [0.25, 0.3) is 0 Å². The molecule has 3 aromatic rings. The summed E-state index contributed by atoms with van der Waals surface area (Å²) in [6.07, 6.45) is 6.88. The van der Waals surface area contributed by atoms with Crippen molar-refractivity contribution in [1.82, 2.24) is 15.0 Å². The van der Waals surface area contributed by atoms with Crippen molar-refractivity contribution in [3.05, 3.63) is 60.7 Å². The first-order chi connectivity index (χ1) is 11.7. The van der Waals surface area contributed by atoms with Gasteiger partial charge < -0.3 is 15.2 Å². The summed E-state index contributed by atoms with van der Waals surface area (Å²) in [6.45, 7) is 2.05. The molecule has 0 saturated heterocycles. The zero-order valence-corrected chi connectivity index (χ0v) is 13.5. The van der Waals surface area contributed by atoms with Crippen LogP contribution in [0.25, 0.3) is 11.3 Å². The Bertz CT molecular complexity index is 824. The van der Waals surface area contributed by atoms with Crippen LogP contribution in [0, 0.1) is 0 Å². The molecule has 0 unspecified atom stereocenters. The van der Waals surface area contributed by atoms with Gasteiger partial charge in [-0.05, 0) is 42.8 Å². The molecule has 0 bridgehead atoms. The van der Waals surface area contributed by atoms with Crippen LogP contribution in [0.4, 0.5) is 5.82 Å². The lowest BCUT2D eigenvalue weighted by Crippen LogP contribution is -2.08. The van der Waals surface area contributed by atoms with Crippen molar-refractivity contribution in [2.45, 2.75) is 13.0 Å². The number of aromatic hydroxyl groups is 1. The van der Waals surface area contributed by atoms with Crippen molar-refractivity contribution >= 4 is 5.82 Å². The molecule has 0 radical (unpaired) electrons. The minimum atomic E-state index is 0.0758. The second-order valence-electron chi connectivity index (χ2n) is 5.32. The number of hydrogen-bond acceptors (Lipinski definition) is 6. The van der Waals surface area contributed by atoms with E-state index in [0.29, 0.717) is 17.3 Å². The monoisotopic (exact) mass is 322 g/mol. The summed E-state index contributed by atoms with van der Waals surface area (Å²) < 4.78 is 5.14. The fraction of sp³-hybridized carbons (Fsp3) is 0.167. The average Bonchev–Trinajstić information content (AvgIpc) is 2.63. The molecule has 0 spiro atoms. The topological polar surface area (TPSA) is 80.2 Å². The van der Waals surface area contributed by atoms with Crippen LogP contribution in [0.15, 0.2) is 55.1 Å². The van der Waals surface area contributed by atoms with Crippen LogP contribution in [-0.2, 0) is 0 Å². The van der Waals surface area contributed by atoms with Gasteiger partial charge in [-0.1, -0.05) is 0 Å². The third-order valence-corrected chi connectivity index (χ3v) is 3.68. The van der Waals surface area contributed by atoms with E-state index in [-0.39, 0.29) is 11.8 Å². The van der Waals surface area contributed by atoms with Gasteiger partial charge in [0, 0.05) is 18.0 Å². The largest absolute Gasteiger partial charge is 0.504 e. The van der Waals surface area contributed by atoms with Gasteiger partial charge in [0.2, 0.25) is 0 Å². The molecule has 2 heterocycles. The Morgan fingerprint density at radius 3 is 2.62 bits per heavy atom. The minimum Gasteiger partial charge on any atom is -0.504 e. The third kappa shape index (κ3) is 3.43. The summed E-state index contributed by atoms with van der Waals surface area (Å²) in [5, 5.41) is 13.0. The van der Waals surface area contributed by atoms with Gasteiger partial charge in [0.15, 0.2) is 11.5 Å². The number of anilines is 1. The third-order valence-electron chi connectivity index (χ3n) is 3.68. The second-order valence-corrected chi connectivity index (χ2v) is 5.32. The molecule has 3 rings (SSSR count). The van der Waals surface area contributed by atoms with Gasteiger partial charge in [0.1, 0.15) is 5.82 Å². The number of aromatic nitrogens is 3. The van der Waals surface area contributed by atoms with E-state index in [1.165, 1.54) is 7.11 Å². The molecule has 2 aromatic heterocycles. The summed E-state index contributed by atoms with van der Waals surface area (Å²) >= 11 is 0. The van der Waals surface area contributed by atoms with Crippen molar-refractivity contribution in [2.75, 3.05) is 12.4 Å². The number of benzene rings is 1. The summed E-state index contributed by atoms with van der Waals surface area (Å²) in [7, 11) is 1.51. The van der Waals surface area contributed by atoms with Gasteiger partial charge in [-0.3, -0.25) is 9.97 Å². The fourth-order valence-corrected chi connectivity index (χ4v) is 2.37. The molecule has 0 fully saturated rings. The summed E-state index contributed by atoms with van der Waals surface area (Å²) in [6, 6.07) is 9.08. The lowest BCUT2D eigenvalue weighted by Gasteiger charge is -2.15. The zero-order valence-electron chi connectivity index (χ0n) is 13.5. The van der Waals surface area contributed by atoms with E-state index in [1.54, 1.807) is 43.0 Å². The number of pyridine rings is 1. The van der Waals surface area contributed by atoms with E-state index in [9.17, 15) is 5.11 Å². The number of ether oxygens (including phenoxy) is 1. The first-order valence-electron chi connectivity index (χ1n) is 7.53. The first kappa shape index (κ1) is 15.7. The van der Waals surface area contributed by atoms with Gasteiger partial charge in [-0.2, -0.15) is 0 Å². The van der Waals surface area contributed by atoms with Gasteiger partial charge in [0.05, 0.1) is 31.2 Å². The van der Waals surface area contributed by atoms with E-state index in [1.807, 2.05) is 19.1 Å². The number of rotatable bonds is 5. The van der Waals surface area contributed by atoms with Crippen LogP contribution >= 0.6 is 0 Å². The molecular formula is C18H18N4O2. The molecule has 0 amide bonds. The van der Waals surface area contributed by atoms with Crippen LogP contribution in [0.2, 0.25) is 0 Å². The quantitative estimate of drug-likeness (QED) is 0.749. The lowest BCUT2D eigenvalue weighted by atomic mass is 10.1. The number of nitrogens with one attached hydrogen (secondary N) is 1. The number of phenolic OH excluding ortho intramolecular Hbond substituents is 1. The van der Waals surface area contributed by atoms with E-state index >= 15 is 0 Å². The fourth-order valence-electron chi connectivity index (χ4n) is 2.37. The summed E-state index contributed by atoms with van der Waals surface area (Å²) in [4.78, 5) is 12.9. The Morgan fingerprint density at radius 2 is 1.88 bits per heavy atom. The van der Waals surface area contributed by atoms with Crippen molar-refractivity contribution in [3.63, 3.8) is 0 Å². The highest BCUT2D eigenvalue weighted by Gasteiger charge is 2.09. The standard InChI is InChI=1S/C18H18N4O2/c1-12(13-5-7-19-8-6-13)21-18-11-20-10-15(22-18)14-3-4-16(23)17(9-14)24-2/h3-12,23H,1-2H3,(H,21,22)/t12-/m1/s1. The highest BCUT2D eigenvalue weighted by atomic mass is 16.5. The van der Waals surface area contributed by atoms with Crippen molar-refractivity contribution in [2.24, 2.45) is 0 Å². The summed E-state index contributed by atoms with van der Waals surface area (Å²) in [5.74, 6) is 1.16. The number of hydrogen-bond donors (Lipinski definition) is 2. The average molecular weight is 322 g/mol. The van der Waals surface area contributed by atoms with E-state index in [4.69, 9.17) is 4.74 Å². The minimum absolute atomic E-state index is 0.0758. The van der Waals surface area contributed by atoms with E-state index < -0.39 is 0 Å². The molecule has 0 aliphatic rings. The van der Waals surface area contributed by atoms with Gasteiger partial charge in [-0.15, -0.1) is 0 Å². The Labute approximate surface area is 140 Å². The molecule has 0 aliphatic heterocycles. The van der Waals surface area contributed by atoms with Crippen LogP contribution in [-0.4, -0.2) is 27.2 Å². The molecule has 6 heteroatoms. The Balaban J connectivity index is 1.84. The SMILES string of the molecule is COc1cc(-c2cncc(N[C@H](C)c3ccncc3)n2)ccc1O. The van der Waals surface area contributed by atoms with Crippen molar-refractivity contribution in [1.29, 1.82) is 0 Å². The van der Waals surface area contributed by atoms with E-state index in [0.717, 1.165) is 11.1 Å². The van der Waals surface area contributed by atoms with Crippen LogP contribution in [0.1, 0.15) is 18.5 Å². The predicted molar refractivity (Wildman–Crippen MR) is 92.0 cm³/mol. The first-order valence-corrected chi connectivity index (χ1v) is 7.53. The van der Waals surface area contributed by atoms with Crippen LogP contribution in [0.3, 0.4) is 0 Å². The summed E-state index contributed by atoms with van der Waals surface area (Å²) in [5.41, 5.74) is 2.63. The molecule has 1 aromatic carbocycles. The molecule has 0 saturated carbocycles. The molecule has 122 valence electrons. The second kappa shape index (κ2) is 6.95. The van der Waals surface area contributed by atoms with Crippen molar-refractivity contribution < 1.29 is 9.84 Å². The maximum Gasteiger partial charge on any atom is 0.161 e. The predicted octanol–water partition coefficient (Wildman–Crippen LogP) is 3.43. The highest BCUT2D eigenvalue weighted by molar-refractivity contribution is 5.64. The maximum absolute atomic E-state index is 9.70. The Kier molecular flexibility index (Phi) is 4.56. The van der Waals surface area contributed by atoms with Crippen LogP contribution < -0.4 is 10.1 Å². The Hall–Kier alpha value is -3.15. The van der Waals surface area contributed by atoms with Gasteiger partial charge >= 0.3 is 0 Å². The lowest BCUT2D eigenvalue weighted by molar-refractivity contribution is 0.373. The Morgan fingerprint density at radius 1 is 1.08 bits per heavy atom. The zero-order chi connectivity index (χ0) is 16.9. The number of methoxy groups -OCH3 is 1.